The smallest absolute Gasteiger partial charge is 0.119 e. The summed E-state index contributed by atoms with van der Waals surface area (Å²) in [5.41, 5.74) is 2.48. The lowest BCUT2D eigenvalue weighted by atomic mass is 10.0. The van der Waals surface area contributed by atoms with Crippen LogP contribution in [-0.2, 0) is 0 Å². The van der Waals surface area contributed by atoms with E-state index in [-0.39, 0.29) is 0 Å². The third-order valence-corrected chi connectivity index (χ3v) is 4.55. The maximum Gasteiger partial charge on any atom is 0.119 e. The molecule has 1 unspecified atom stereocenters. The van der Waals surface area contributed by atoms with E-state index in [0.717, 1.165) is 25.4 Å². The Kier molecular flexibility index (Phi) is 4.46. The summed E-state index contributed by atoms with van der Waals surface area (Å²) >= 11 is 3.58. The van der Waals surface area contributed by atoms with Crippen LogP contribution in [0.5, 0.6) is 5.75 Å². The molecule has 1 atom stereocenters. The largest absolute Gasteiger partial charge is 0.493 e. The fourth-order valence-corrected chi connectivity index (χ4v) is 2.50. The highest BCUT2D eigenvalue weighted by Gasteiger charge is 2.13. The average Bonchev–Trinajstić information content (AvgIpc) is 2.34. The molecule has 17 heavy (non-hydrogen) atoms. The van der Waals surface area contributed by atoms with Gasteiger partial charge >= 0.3 is 0 Å². The number of hydrogen-bond acceptors (Lipinski definition) is 2. The molecule has 2 nitrogen and oxygen atoms in total. The van der Waals surface area contributed by atoms with Gasteiger partial charge in [0.15, 0.2) is 0 Å². The third kappa shape index (κ3) is 3.46. The van der Waals surface area contributed by atoms with E-state index in [9.17, 15) is 0 Å². The molecule has 0 amide bonds. The van der Waals surface area contributed by atoms with E-state index in [1.54, 1.807) is 0 Å². The third-order valence-electron chi connectivity index (χ3n) is 3.29. The summed E-state index contributed by atoms with van der Waals surface area (Å²) in [6.45, 7) is 7.28. The van der Waals surface area contributed by atoms with Crippen LogP contribution in [-0.4, -0.2) is 19.7 Å². The summed E-state index contributed by atoms with van der Waals surface area (Å²) in [6.07, 6.45) is 2.55. The zero-order valence-electron chi connectivity index (χ0n) is 10.6. The summed E-state index contributed by atoms with van der Waals surface area (Å²) < 4.78 is 7.09. The van der Waals surface area contributed by atoms with Gasteiger partial charge in [0.05, 0.1) is 6.61 Å². The normalized spacial score (nSPS) is 20.3. The summed E-state index contributed by atoms with van der Waals surface area (Å²) in [7, 11) is 0. The zero-order valence-corrected chi connectivity index (χ0v) is 12.1. The predicted molar refractivity (Wildman–Crippen MR) is 74.7 cm³/mol. The van der Waals surface area contributed by atoms with E-state index in [0.29, 0.717) is 5.92 Å². The minimum absolute atomic E-state index is 0.660. The molecule has 0 aliphatic carbocycles. The van der Waals surface area contributed by atoms with E-state index in [4.69, 9.17) is 4.74 Å². The first-order chi connectivity index (χ1) is 8.16. The van der Waals surface area contributed by atoms with Crippen LogP contribution in [0, 0.1) is 19.8 Å². The Morgan fingerprint density at radius 3 is 2.65 bits per heavy atom. The Balaban J connectivity index is 1.94. The second kappa shape index (κ2) is 5.87. The lowest BCUT2D eigenvalue weighted by molar-refractivity contribution is 0.218. The molecular weight excluding hydrogens is 278 g/mol. The van der Waals surface area contributed by atoms with Gasteiger partial charge in [-0.25, -0.2) is 0 Å². The molecule has 1 heterocycles. The van der Waals surface area contributed by atoms with Gasteiger partial charge in [-0.1, -0.05) is 15.9 Å². The number of rotatable bonds is 3. The standard InChI is InChI=1S/C14H20BrNO/c1-10-6-13(7-11(2)14(10)15)17-9-12-4-3-5-16-8-12/h6-7,12,16H,3-5,8-9H2,1-2H3. The molecule has 1 fully saturated rings. The lowest BCUT2D eigenvalue weighted by Crippen LogP contribution is -2.33. The first-order valence-corrected chi connectivity index (χ1v) is 7.06. The molecule has 1 aromatic carbocycles. The van der Waals surface area contributed by atoms with E-state index >= 15 is 0 Å². The van der Waals surface area contributed by atoms with Crippen molar-refractivity contribution >= 4 is 15.9 Å². The number of halogens is 1. The van der Waals surface area contributed by atoms with Crippen molar-refractivity contribution in [2.75, 3.05) is 19.7 Å². The molecule has 0 radical (unpaired) electrons. The molecule has 1 N–H and O–H groups in total. The first-order valence-electron chi connectivity index (χ1n) is 6.27. The summed E-state index contributed by atoms with van der Waals surface area (Å²) in [5, 5.41) is 3.42. The van der Waals surface area contributed by atoms with Gasteiger partial charge in [-0.05, 0) is 56.5 Å². The van der Waals surface area contributed by atoms with Crippen molar-refractivity contribution in [1.29, 1.82) is 0 Å². The molecule has 94 valence electrons. The highest BCUT2D eigenvalue weighted by atomic mass is 79.9. The summed E-state index contributed by atoms with van der Waals surface area (Å²) in [5.74, 6) is 1.65. The minimum atomic E-state index is 0.660. The van der Waals surface area contributed by atoms with Crippen LogP contribution in [0.15, 0.2) is 16.6 Å². The van der Waals surface area contributed by atoms with Crippen LogP contribution in [0.3, 0.4) is 0 Å². The second-order valence-electron chi connectivity index (χ2n) is 4.89. The van der Waals surface area contributed by atoms with Crippen molar-refractivity contribution in [2.24, 2.45) is 5.92 Å². The predicted octanol–water partition coefficient (Wildman–Crippen LogP) is 3.44. The van der Waals surface area contributed by atoms with Crippen LogP contribution in [0.4, 0.5) is 0 Å². The average molecular weight is 298 g/mol. The molecule has 0 spiro atoms. The van der Waals surface area contributed by atoms with Crippen molar-refractivity contribution in [3.63, 3.8) is 0 Å². The van der Waals surface area contributed by atoms with Crippen LogP contribution >= 0.6 is 15.9 Å². The SMILES string of the molecule is Cc1cc(OCC2CCCNC2)cc(C)c1Br. The Morgan fingerprint density at radius 2 is 2.06 bits per heavy atom. The monoisotopic (exact) mass is 297 g/mol. The van der Waals surface area contributed by atoms with Crippen molar-refractivity contribution in [1.82, 2.24) is 5.32 Å². The van der Waals surface area contributed by atoms with Crippen LogP contribution in [0.1, 0.15) is 24.0 Å². The van der Waals surface area contributed by atoms with Gasteiger partial charge in [0.2, 0.25) is 0 Å². The molecule has 2 rings (SSSR count). The first kappa shape index (κ1) is 12.9. The number of nitrogens with one attached hydrogen (secondary N) is 1. The maximum absolute atomic E-state index is 5.90. The van der Waals surface area contributed by atoms with Crippen molar-refractivity contribution in [2.45, 2.75) is 26.7 Å². The quantitative estimate of drug-likeness (QED) is 0.923. The zero-order chi connectivity index (χ0) is 12.3. The van der Waals surface area contributed by atoms with E-state index in [2.05, 4.69) is 47.2 Å². The Bertz CT molecular complexity index is 363. The van der Waals surface area contributed by atoms with Crippen molar-refractivity contribution in [3.05, 3.63) is 27.7 Å². The Labute approximate surface area is 112 Å². The Morgan fingerprint density at radius 1 is 1.35 bits per heavy atom. The highest BCUT2D eigenvalue weighted by molar-refractivity contribution is 9.10. The van der Waals surface area contributed by atoms with Crippen molar-refractivity contribution < 1.29 is 4.74 Å². The minimum Gasteiger partial charge on any atom is -0.493 e. The molecule has 1 aromatic rings. The van der Waals surface area contributed by atoms with Crippen LogP contribution in [0.25, 0.3) is 0 Å². The van der Waals surface area contributed by atoms with Crippen molar-refractivity contribution in [3.8, 4) is 5.75 Å². The molecule has 1 aliphatic heterocycles. The van der Waals surface area contributed by atoms with Gasteiger partial charge in [-0.3, -0.25) is 0 Å². The Hall–Kier alpha value is -0.540. The van der Waals surface area contributed by atoms with Crippen LogP contribution < -0.4 is 10.1 Å². The van der Waals surface area contributed by atoms with Crippen LogP contribution in [0.2, 0.25) is 0 Å². The number of ether oxygens (including phenoxy) is 1. The van der Waals surface area contributed by atoms with Gasteiger partial charge in [0.25, 0.3) is 0 Å². The van der Waals surface area contributed by atoms with E-state index in [1.807, 2.05) is 0 Å². The fourth-order valence-electron chi connectivity index (χ4n) is 2.27. The summed E-state index contributed by atoms with van der Waals surface area (Å²) in [6, 6.07) is 4.21. The number of hydrogen-bond donors (Lipinski definition) is 1. The molecular formula is C14H20BrNO. The molecule has 3 heteroatoms. The van der Waals surface area contributed by atoms with Gasteiger partial charge < -0.3 is 10.1 Å². The number of benzene rings is 1. The molecule has 0 aromatic heterocycles. The van der Waals surface area contributed by atoms with Gasteiger partial charge in [-0.15, -0.1) is 0 Å². The van der Waals surface area contributed by atoms with Gasteiger partial charge in [-0.2, -0.15) is 0 Å². The number of aryl methyl sites for hydroxylation is 2. The lowest BCUT2D eigenvalue weighted by Gasteiger charge is -2.23. The highest BCUT2D eigenvalue weighted by Crippen LogP contribution is 2.26. The van der Waals surface area contributed by atoms with Gasteiger partial charge in [0, 0.05) is 16.9 Å². The molecule has 1 saturated heterocycles. The second-order valence-corrected chi connectivity index (χ2v) is 5.69. The number of piperidine rings is 1. The summed E-state index contributed by atoms with van der Waals surface area (Å²) in [4.78, 5) is 0. The van der Waals surface area contributed by atoms with E-state index < -0.39 is 0 Å². The fraction of sp³-hybridized carbons (Fsp3) is 0.571. The molecule has 0 saturated carbocycles. The molecule has 0 bridgehead atoms. The topological polar surface area (TPSA) is 21.3 Å². The molecule has 1 aliphatic rings. The van der Waals surface area contributed by atoms with E-state index in [1.165, 1.54) is 28.4 Å². The van der Waals surface area contributed by atoms with Gasteiger partial charge in [0.1, 0.15) is 5.75 Å². The maximum atomic E-state index is 5.90.